The molecule has 1 aromatic heterocycles. The molecule has 0 spiro atoms. The summed E-state index contributed by atoms with van der Waals surface area (Å²) in [7, 11) is 1.64. The molecule has 0 radical (unpaired) electrons. The summed E-state index contributed by atoms with van der Waals surface area (Å²) in [6.07, 6.45) is 3.01. The van der Waals surface area contributed by atoms with Crippen LogP contribution in [0.3, 0.4) is 0 Å². The highest BCUT2D eigenvalue weighted by Gasteiger charge is 2.33. The topological polar surface area (TPSA) is 67.8 Å². The van der Waals surface area contributed by atoms with Gasteiger partial charge in [-0.2, -0.15) is 0 Å². The Bertz CT molecular complexity index is 735. The zero-order valence-electron chi connectivity index (χ0n) is 15.9. The van der Waals surface area contributed by atoms with E-state index in [1.165, 1.54) is 6.42 Å². The van der Waals surface area contributed by atoms with E-state index < -0.39 is 0 Å². The molecule has 27 heavy (non-hydrogen) atoms. The second-order valence-electron chi connectivity index (χ2n) is 6.44. The zero-order chi connectivity index (χ0) is 18.4. The Labute approximate surface area is 177 Å². The quantitative estimate of drug-likeness (QED) is 0.355. The molecular weight excluding hydrogens is 455 g/mol. The molecule has 1 heterocycles. The second-order valence-corrected chi connectivity index (χ2v) is 6.44. The lowest BCUT2D eigenvalue weighted by molar-refractivity contribution is 0.412. The minimum Gasteiger partial charge on any atom is -0.497 e. The van der Waals surface area contributed by atoms with Crippen molar-refractivity contribution >= 4 is 29.9 Å². The van der Waals surface area contributed by atoms with Crippen LogP contribution in [-0.4, -0.2) is 30.6 Å². The van der Waals surface area contributed by atoms with Crippen LogP contribution in [0.5, 0.6) is 17.4 Å². The normalized spacial score (nSPS) is 18.3. The summed E-state index contributed by atoms with van der Waals surface area (Å²) in [6, 6.07) is 11.8. The van der Waals surface area contributed by atoms with Crippen LogP contribution in [0.15, 0.2) is 47.6 Å². The molecule has 0 aliphatic heterocycles. The van der Waals surface area contributed by atoms with E-state index in [9.17, 15) is 0 Å². The van der Waals surface area contributed by atoms with Crippen LogP contribution in [0, 0.1) is 5.92 Å². The highest BCUT2D eigenvalue weighted by Crippen LogP contribution is 2.28. The maximum atomic E-state index is 5.74. The van der Waals surface area contributed by atoms with Crippen molar-refractivity contribution in [2.24, 2.45) is 10.9 Å². The first-order valence-electron chi connectivity index (χ1n) is 8.99. The maximum Gasteiger partial charge on any atom is 0.219 e. The number of pyridine rings is 1. The SMILES string of the molecule is CCNC(=NCc1ccc(Oc2ccc(OC)cc2)nc1)NC1CC1C.I. The predicted molar refractivity (Wildman–Crippen MR) is 118 cm³/mol. The van der Waals surface area contributed by atoms with Crippen molar-refractivity contribution < 1.29 is 9.47 Å². The van der Waals surface area contributed by atoms with E-state index in [2.05, 4.69) is 34.5 Å². The van der Waals surface area contributed by atoms with E-state index in [0.29, 0.717) is 18.5 Å². The molecule has 2 N–H and O–H groups in total. The average molecular weight is 482 g/mol. The predicted octanol–water partition coefficient (Wildman–Crippen LogP) is 3.96. The number of hydrogen-bond acceptors (Lipinski definition) is 4. The molecule has 1 saturated carbocycles. The third-order valence-electron chi connectivity index (χ3n) is 4.28. The molecule has 3 rings (SSSR count). The van der Waals surface area contributed by atoms with Crippen molar-refractivity contribution in [2.45, 2.75) is 32.9 Å². The summed E-state index contributed by atoms with van der Waals surface area (Å²) in [5, 5.41) is 6.73. The maximum absolute atomic E-state index is 5.74. The molecule has 1 aliphatic carbocycles. The van der Waals surface area contributed by atoms with Crippen LogP contribution in [0.25, 0.3) is 0 Å². The first-order chi connectivity index (χ1) is 12.7. The van der Waals surface area contributed by atoms with Crippen LogP contribution in [0.4, 0.5) is 0 Å². The second kappa shape index (κ2) is 10.3. The summed E-state index contributed by atoms with van der Waals surface area (Å²) in [4.78, 5) is 8.99. The van der Waals surface area contributed by atoms with Gasteiger partial charge in [0.25, 0.3) is 0 Å². The van der Waals surface area contributed by atoms with Gasteiger partial charge in [0.2, 0.25) is 5.88 Å². The Morgan fingerprint density at radius 1 is 1.19 bits per heavy atom. The molecule has 146 valence electrons. The molecule has 2 unspecified atom stereocenters. The number of nitrogens with one attached hydrogen (secondary N) is 2. The van der Waals surface area contributed by atoms with Gasteiger partial charge in [-0.3, -0.25) is 0 Å². The van der Waals surface area contributed by atoms with Crippen molar-refractivity contribution in [1.29, 1.82) is 0 Å². The van der Waals surface area contributed by atoms with Gasteiger partial charge >= 0.3 is 0 Å². The smallest absolute Gasteiger partial charge is 0.219 e. The number of methoxy groups -OCH3 is 1. The Kier molecular flexibility index (Phi) is 8.15. The van der Waals surface area contributed by atoms with Crippen molar-refractivity contribution in [3.63, 3.8) is 0 Å². The number of guanidine groups is 1. The first-order valence-corrected chi connectivity index (χ1v) is 8.99. The van der Waals surface area contributed by atoms with Gasteiger partial charge in [0.1, 0.15) is 11.5 Å². The molecule has 1 fully saturated rings. The number of ether oxygens (including phenoxy) is 2. The van der Waals surface area contributed by atoms with Gasteiger partial charge in [-0.25, -0.2) is 9.98 Å². The molecule has 0 saturated heterocycles. The van der Waals surface area contributed by atoms with Crippen molar-refractivity contribution in [2.75, 3.05) is 13.7 Å². The lowest BCUT2D eigenvalue weighted by Gasteiger charge is -2.10. The summed E-state index contributed by atoms with van der Waals surface area (Å²) in [5.74, 6) is 3.67. The average Bonchev–Trinajstić information content (AvgIpc) is 3.36. The molecular formula is C20H27IN4O2. The number of halogens is 1. The Balaban J connectivity index is 0.00000261. The largest absolute Gasteiger partial charge is 0.497 e. The van der Waals surface area contributed by atoms with Gasteiger partial charge in [-0.15, -0.1) is 24.0 Å². The number of benzene rings is 1. The highest BCUT2D eigenvalue weighted by molar-refractivity contribution is 14.0. The number of aromatic nitrogens is 1. The lowest BCUT2D eigenvalue weighted by Crippen LogP contribution is -2.39. The minimum absolute atomic E-state index is 0. The molecule has 1 aliphatic rings. The van der Waals surface area contributed by atoms with Crippen LogP contribution < -0.4 is 20.1 Å². The van der Waals surface area contributed by atoms with Gasteiger partial charge in [0, 0.05) is 24.8 Å². The van der Waals surface area contributed by atoms with E-state index in [4.69, 9.17) is 9.47 Å². The van der Waals surface area contributed by atoms with E-state index in [0.717, 1.165) is 35.5 Å². The standard InChI is InChI=1S/C20H26N4O2.HI/c1-4-21-20(24-18-11-14(18)2)23-13-15-5-10-19(22-12-15)26-17-8-6-16(25-3)7-9-17;/h5-10,12,14,18H,4,11,13H2,1-3H3,(H2,21,23,24);1H. The summed E-state index contributed by atoms with van der Waals surface area (Å²) < 4.78 is 10.9. The lowest BCUT2D eigenvalue weighted by atomic mass is 10.3. The molecule has 2 atom stereocenters. The molecule has 7 heteroatoms. The first kappa shape index (κ1) is 21.3. The highest BCUT2D eigenvalue weighted by atomic mass is 127. The zero-order valence-corrected chi connectivity index (χ0v) is 18.3. The van der Waals surface area contributed by atoms with Crippen LogP contribution in [0.1, 0.15) is 25.8 Å². The van der Waals surface area contributed by atoms with Crippen molar-refractivity contribution in [3.8, 4) is 17.4 Å². The van der Waals surface area contributed by atoms with E-state index in [1.54, 1.807) is 13.3 Å². The summed E-state index contributed by atoms with van der Waals surface area (Å²) in [5.41, 5.74) is 1.04. The fourth-order valence-corrected chi connectivity index (χ4v) is 2.52. The fourth-order valence-electron chi connectivity index (χ4n) is 2.52. The Morgan fingerprint density at radius 2 is 1.89 bits per heavy atom. The van der Waals surface area contributed by atoms with Crippen LogP contribution >= 0.6 is 24.0 Å². The van der Waals surface area contributed by atoms with Gasteiger partial charge in [-0.1, -0.05) is 13.0 Å². The Morgan fingerprint density at radius 3 is 2.44 bits per heavy atom. The van der Waals surface area contributed by atoms with Gasteiger partial charge in [-0.05, 0) is 49.1 Å². The monoisotopic (exact) mass is 482 g/mol. The minimum atomic E-state index is 0. The Hall–Kier alpha value is -2.03. The summed E-state index contributed by atoms with van der Waals surface area (Å²) >= 11 is 0. The van der Waals surface area contributed by atoms with Gasteiger partial charge in [0.05, 0.1) is 13.7 Å². The molecule has 0 amide bonds. The van der Waals surface area contributed by atoms with E-state index >= 15 is 0 Å². The van der Waals surface area contributed by atoms with Gasteiger partial charge in [0.15, 0.2) is 5.96 Å². The number of rotatable bonds is 7. The number of hydrogen-bond donors (Lipinski definition) is 2. The molecule has 0 bridgehead atoms. The third-order valence-corrected chi connectivity index (χ3v) is 4.28. The van der Waals surface area contributed by atoms with Crippen molar-refractivity contribution in [1.82, 2.24) is 15.6 Å². The third kappa shape index (κ3) is 6.57. The van der Waals surface area contributed by atoms with Gasteiger partial charge < -0.3 is 20.1 Å². The fraction of sp³-hybridized carbons (Fsp3) is 0.400. The number of aliphatic imine (C=N–C) groups is 1. The molecule has 1 aromatic carbocycles. The van der Waals surface area contributed by atoms with Crippen molar-refractivity contribution in [3.05, 3.63) is 48.2 Å². The van der Waals surface area contributed by atoms with Crippen LogP contribution in [-0.2, 0) is 6.54 Å². The van der Waals surface area contributed by atoms with E-state index in [-0.39, 0.29) is 24.0 Å². The summed E-state index contributed by atoms with van der Waals surface area (Å²) in [6.45, 7) is 5.74. The molecule has 2 aromatic rings. The van der Waals surface area contributed by atoms with E-state index in [1.807, 2.05) is 36.4 Å². The number of nitrogens with zero attached hydrogens (tertiary/aromatic N) is 2. The molecule has 6 nitrogen and oxygen atoms in total. The van der Waals surface area contributed by atoms with Crippen LogP contribution in [0.2, 0.25) is 0 Å².